The lowest BCUT2D eigenvalue weighted by atomic mass is 10.0. The van der Waals surface area contributed by atoms with Gasteiger partial charge in [-0.15, -0.1) is 0 Å². The van der Waals surface area contributed by atoms with Crippen LogP contribution in [0.5, 0.6) is 17.4 Å². The Kier molecular flexibility index (Phi) is 5.60. The minimum Gasteiger partial charge on any atom is -0.483 e. The lowest BCUT2D eigenvalue weighted by Crippen LogP contribution is -2.28. The Morgan fingerprint density at radius 2 is 2.10 bits per heavy atom. The second-order valence-corrected chi connectivity index (χ2v) is 8.37. The standard InChI is InChI=1S/C23H28N2O4/c1-23(2)13-17-6-5-9-19(22(17)29-23)27-15-20(26)25-14-16-10-11-24-21(12-16)28-18-7-3-4-8-18/h5-6,9-12,18H,3-4,7-8,13-15H2,1-2H3,(H,25,26). The van der Waals surface area contributed by atoms with Crippen molar-refractivity contribution in [3.63, 3.8) is 0 Å². The number of hydrogen-bond acceptors (Lipinski definition) is 5. The van der Waals surface area contributed by atoms with Crippen molar-refractivity contribution in [2.75, 3.05) is 6.61 Å². The van der Waals surface area contributed by atoms with Crippen LogP contribution in [-0.4, -0.2) is 29.2 Å². The predicted octanol–water partition coefficient (Wildman–Crippen LogP) is 3.81. The van der Waals surface area contributed by atoms with E-state index in [1.807, 2.05) is 44.2 Å². The van der Waals surface area contributed by atoms with Crippen molar-refractivity contribution in [3.05, 3.63) is 47.7 Å². The summed E-state index contributed by atoms with van der Waals surface area (Å²) < 4.78 is 17.6. The molecule has 1 saturated carbocycles. The van der Waals surface area contributed by atoms with Gasteiger partial charge in [-0.2, -0.15) is 0 Å². The van der Waals surface area contributed by atoms with Crippen molar-refractivity contribution < 1.29 is 19.0 Å². The van der Waals surface area contributed by atoms with Gasteiger partial charge in [0.25, 0.3) is 5.91 Å². The van der Waals surface area contributed by atoms with Gasteiger partial charge in [-0.1, -0.05) is 12.1 Å². The van der Waals surface area contributed by atoms with Crippen LogP contribution in [0.25, 0.3) is 0 Å². The molecular formula is C23H28N2O4. The molecule has 0 saturated heterocycles. The van der Waals surface area contributed by atoms with Gasteiger partial charge in [-0.3, -0.25) is 4.79 Å². The zero-order valence-corrected chi connectivity index (χ0v) is 17.1. The van der Waals surface area contributed by atoms with E-state index in [1.165, 1.54) is 12.8 Å². The van der Waals surface area contributed by atoms with Crippen molar-refractivity contribution in [2.45, 2.75) is 64.2 Å². The van der Waals surface area contributed by atoms with Crippen LogP contribution in [0, 0.1) is 0 Å². The molecule has 154 valence electrons. The number of ether oxygens (including phenoxy) is 3. The first-order valence-corrected chi connectivity index (χ1v) is 10.3. The van der Waals surface area contributed by atoms with Gasteiger partial charge in [0, 0.05) is 30.8 Å². The van der Waals surface area contributed by atoms with E-state index in [0.717, 1.165) is 36.1 Å². The Labute approximate surface area is 171 Å². The molecular weight excluding hydrogens is 368 g/mol. The van der Waals surface area contributed by atoms with Crippen LogP contribution in [0.1, 0.15) is 50.7 Å². The maximum Gasteiger partial charge on any atom is 0.258 e. The van der Waals surface area contributed by atoms with Gasteiger partial charge >= 0.3 is 0 Å². The van der Waals surface area contributed by atoms with Crippen LogP contribution in [-0.2, 0) is 17.8 Å². The minimum atomic E-state index is -0.246. The van der Waals surface area contributed by atoms with E-state index in [4.69, 9.17) is 14.2 Å². The lowest BCUT2D eigenvalue weighted by molar-refractivity contribution is -0.123. The van der Waals surface area contributed by atoms with Crippen LogP contribution >= 0.6 is 0 Å². The summed E-state index contributed by atoms with van der Waals surface area (Å²) in [4.78, 5) is 16.5. The molecule has 29 heavy (non-hydrogen) atoms. The van der Waals surface area contributed by atoms with Gasteiger partial charge in [0.1, 0.15) is 11.7 Å². The van der Waals surface area contributed by atoms with Crippen molar-refractivity contribution in [1.82, 2.24) is 10.3 Å². The molecule has 0 atom stereocenters. The molecule has 1 aromatic heterocycles. The van der Waals surface area contributed by atoms with E-state index in [2.05, 4.69) is 10.3 Å². The number of benzene rings is 1. The lowest BCUT2D eigenvalue weighted by Gasteiger charge is -2.18. The zero-order chi connectivity index (χ0) is 20.3. The number of fused-ring (bicyclic) bond motifs is 1. The molecule has 6 nitrogen and oxygen atoms in total. The Bertz CT molecular complexity index is 875. The quantitative estimate of drug-likeness (QED) is 0.771. The molecule has 2 heterocycles. The fraction of sp³-hybridized carbons (Fsp3) is 0.478. The number of pyridine rings is 1. The first-order chi connectivity index (χ1) is 14.0. The summed E-state index contributed by atoms with van der Waals surface area (Å²) in [7, 11) is 0. The average molecular weight is 396 g/mol. The number of aromatic nitrogens is 1. The van der Waals surface area contributed by atoms with E-state index in [1.54, 1.807) is 6.20 Å². The predicted molar refractivity (Wildman–Crippen MR) is 109 cm³/mol. The Hall–Kier alpha value is -2.76. The number of carbonyl (C=O) groups excluding carboxylic acids is 1. The number of nitrogens with one attached hydrogen (secondary N) is 1. The Morgan fingerprint density at radius 3 is 2.93 bits per heavy atom. The molecule has 0 spiro atoms. The first kappa shape index (κ1) is 19.6. The summed E-state index contributed by atoms with van der Waals surface area (Å²) in [6.45, 7) is 4.44. The van der Waals surface area contributed by atoms with E-state index in [9.17, 15) is 4.79 Å². The highest BCUT2D eigenvalue weighted by molar-refractivity contribution is 5.77. The molecule has 0 bridgehead atoms. The zero-order valence-electron chi connectivity index (χ0n) is 17.1. The minimum absolute atomic E-state index is 0.0588. The van der Waals surface area contributed by atoms with Crippen molar-refractivity contribution in [3.8, 4) is 17.4 Å². The molecule has 4 rings (SSSR count). The van der Waals surface area contributed by atoms with E-state index in [-0.39, 0.29) is 24.2 Å². The molecule has 1 aromatic carbocycles. The molecule has 2 aromatic rings. The summed E-state index contributed by atoms with van der Waals surface area (Å²) in [5.41, 5.74) is 1.82. The van der Waals surface area contributed by atoms with Gasteiger partial charge in [0.05, 0.1) is 0 Å². The number of para-hydroxylation sites is 1. The number of amides is 1. The number of nitrogens with zero attached hydrogens (tertiary/aromatic N) is 1. The summed E-state index contributed by atoms with van der Waals surface area (Å²) in [6, 6.07) is 9.57. The highest BCUT2D eigenvalue weighted by Crippen LogP contribution is 2.41. The third-order valence-electron chi connectivity index (χ3n) is 5.29. The smallest absolute Gasteiger partial charge is 0.258 e. The second kappa shape index (κ2) is 8.31. The van der Waals surface area contributed by atoms with Crippen molar-refractivity contribution in [1.29, 1.82) is 0 Å². The van der Waals surface area contributed by atoms with Gasteiger partial charge in [0.2, 0.25) is 5.88 Å². The van der Waals surface area contributed by atoms with Crippen LogP contribution in [0.3, 0.4) is 0 Å². The first-order valence-electron chi connectivity index (χ1n) is 10.3. The van der Waals surface area contributed by atoms with Crippen LogP contribution < -0.4 is 19.5 Å². The molecule has 1 fully saturated rings. The number of carbonyl (C=O) groups is 1. The molecule has 0 radical (unpaired) electrons. The summed E-state index contributed by atoms with van der Waals surface area (Å²) in [5, 5.41) is 2.89. The normalized spacial score (nSPS) is 17.4. The fourth-order valence-corrected chi connectivity index (χ4v) is 3.90. The third-order valence-corrected chi connectivity index (χ3v) is 5.29. The molecule has 6 heteroatoms. The maximum atomic E-state index is 12.3. The number of hydrogen-bond donors (Lipinski definition) is 1. The van der Waals surface area contributed by atoms with E-state index >= 15 is 0 Å². The molecule has 1 N–H and O–H groups in total. The molecule has 1 amide bonds. The highest BCUT2D eigenvalue weighted by atomic mass is 16.5. The molecule has 0 unspecified atom stereocenters. The van der Waals surface area contributed by atoms with Crippen LogP contribution in [0.2, 0.25) is 0 Å². The van der Waals surface area contributed by atoms with Gasteiger partial charge in [-0.25, -0.2) is 4.98 Å². The van der Waals surface area contributed by atoms with Crippen molar-refractivity contribution >= 4 is 5.91 Å². The fourth-order valence-electron chi connectivity index (χ4n) is 3.90. The van der Waals surface area contributed by atoms with Crippen molar-refractivity contribution in [2.24, 2.45) is 0 Å². The SMILES string of the molecule is CC1(C)Cc2cccc(OCC(=O)NCc3ccnc(OC4CCCC4)c3)c2O1. The largest absolute Gasteiger partial charge is 0.483 e. The summed E-state index contributed by atoms with van der Waals surface area (Å²) >= 11 is 0. The van der Waals surface area contributed by atoms with Gasteiger partial charge in [-0.05, 0) is 57.2 Å². The van der Waals surface area contributed by atoms with Gasteiger partial charge < -0.3 is 19.5 Å². The Morgan fingerprint density at radius 1 is 1.28 bits per heavy atom. The monoisotopic (exact) mass is 396 g/mol. The molecule has 2 aliphatic rings. The molecule has 1 aliphatic carbocycles. The molecule has 1 aliphatic heterocycles. The van der Waals surface area contributed by atoms with Crippen LogP contribution in [0.15, 0.2) is 36.5 Å². The third kappa shape index (κ3) is 5.00. The second-order valence-electron chi connectivity index (χ2n) is 8.37. The van der Waals surface area contributed by atoms with E-state index < -0.39 is 0 Å². The summed E-state index contributed by atoms with van der Waals surface area (Å²) in [6.07, 6.45) is 7.42. The summed E-state index contributed by atoms with van der Waals surface area (Å²) in [5.74, 6) is 1.79. The number of rotatable bonds is 7. The average Bonchev–Trinajstić information content (AvgIpc) is 3.31. The van der Waals surface area contributed by atoms with E-state index in [0.29, 0.717) is 18.2 Å². The topological polar surface area (TPSA) is 69.7 Å². The maximum absolute atomic E-state index is 12.3. The highest BCUT2D eigenvalue weighted by Gasteiger charge is 2.32. The Balaban J connectivity index is 1.28. The van der Waals surface area contributed by atoms with Crippen LogP contribution in [0.4, 0.5) is 0 Å². The van der Waals surface area contributed by atoms with Gasteiger partial charge in [0.15, 0.2) is 18.1 Å².